The number of benzene rings is 1. The lowest BCUT2D eigenvalue weighted by Gasteiger charge is -2.14. The Morgan fingerprint density at radius 1 is 1.36 bits per heavy atom. The molecule has 22 heavy (non-hydrogen) atoms. The second kappa shape index (κ2) is 7.56. The molecule has 0 spiro atoms. The summed E-state index contributed by atoms with van der Waals surface area (Å²) >= 11 is 6.12. The van der Waals surface area contributed by atoms with Gasteiger partial charge >= 0.3 is 6.01 Å². The van der Waals surface area contributed by atoms with Crippen molar-refractivity contribution in [3.8, 4) is 6.01 Å². The topological polar surface area (TPSA) is 64.1 Å². The lowest BCUT2D eigenvalue weighted by atomic mass is 10.3. The fraction of sp³-hybridized carbons (Fsp3) is 0.333. The number of hydrogen-bond acceptors (Lipinski definition) is 5. The van der Waals surface area contributed by atoms with Crippen LogP contribution in [0, 0.1) is 0 Å². The zero-order chi connectivity index (χ0) is 16.1. The van der Waals surface area contributed by atoms with Gasteiger partial charge in [0.05, 0.1) is 34.2 Å². The van der Waals surface area contributed by atoms with E-state index >= 15 is 0 Å². The van der Waals surface area contributed by atoms with Crippen LogP contribution in [-0.2, 0) is 10.8 Å². The van der Waals surface area contributed by atoms with Gasteiger partial charge in [0.2, 0.25) is 0 Å². The Hall–Kier alpha value is -1.66. The molecule has 0 aliphatic rings. The van der Waals surface area contributed by atoms with Crippen LogP contribution in [-0.4, -0.2) is 26.0 Å². The van der Waals surface area contributed by atoms with E-state index in [0.717, 1.165) is 0 Å². The molecule has 1 unspecified atom stereocenters. The molecule has 1 aromatic carbocycles. The number of anilines is 2. The van der Waals surface area contributed by atoms with Crippen molar-refractivity contribution in [1.29, 1.82) is 0 Å². The largest absolute Gasteiger partial charge is 0.464 e. The fourth-order valence-corrected chi connectivity index (χ4v) is 2.96. The number of para-hydroxylation sites is 1. The molecule has 0 amide bonds. The quantitative estimate of drug-likeness (QED) is 0.867. The van der Waals surface area contributed by atoms with Crippen molar-refractivity contribution in [3.63, 3.8) is 0 Å². The van der Waals surface area contributed by atoms with Crippen molar-refractivity contribution >= 4 is 33.9 Å². The Balaban J connectivity index is 2.35. The second-order valence-electron chi connectivity index (χ2n) is 4.75. The molecule has 0 saturated carbocycles. The van der Waals surface area contributed by atoms with Gasteiger partial charge in [-0.3, -0.25) is 4.21 Å². The summed E-state index contributed by atoms with van der Waals surface area (Å²) in [4.78, 5) is 8.93. The molecule has 118 valence electrons. The first kappa shape index (κ1) is 16.7. The van der Waals surface area contributed by atoms with Crippen molar-refractivity contribution in [2.24, 2.45) is 0 Å². The van der Waals surface area contributed by atoms with Gasteiger partial charge in [0.15, 0.2) is 5.82 Å². The summed E-state index contributed by atoms with van der Waals surface area (Å²) < 4.78 is 17.7. The minimum absolute atomic E-state index is 0.0165. The van der Waals surface area contributed by atoms with E-state index in [0.29, 0.717) is 28.0 Å². The Morgan fingerprint density at radius 3 is 2.77 bits per heavy atom. The van der Waals surface area contributed by atoms with Gasteiger partial charge < -0.3 is 10.1 Å². The molecule has 1 atom stereocenters. The summed E-state index contributed by atoms with van der Waals surface area (Å²) in [5.41, 5.74) is 0.706. The third-order valence-electron chi connectivity index (χ3n) is 2.78. The van der Waals surface area contributed by atoms with Gasteiger partial charge in [0.25, 0.3) is 0 Å². The van der Waals surface area contributed by atoms with E-state index < -0.39 is 10.8 Å². The maximum atomic E-state index is 12.4. The Morgan fingerprint density at radius 2 is 2.09 bits per heavy atom. The minimum Gasteiger partial charge on any atom is -0.464 e. The molecule has 0 aliphatic heterocycles. The van der Waals surface area contributed by atoms with Crippen molar-refractivity contribution in [3.05, 3.63) is 35.5 Å². The second-order valence-corrected chi connectivity index (χ2v) is 7.13. The summed E-state index contributed by atoms with van der Waals surface area (Å²) in [6.07, 6.45) is 1.48. The van der Waals surface area contributed by atoms with Crippen LogP contribution in [0.2, 0.25) is 5.02 Å². The van der Waals surface area contributed by atoms with Gasteiger partial charge in [-0.05, 0) is 19.1 Å². The molecule has 2 rings (SSSR count). The third kappa shape index (κ3) is 3.96. The van der Waals surface area contributed by atoms with Crippen LogP contribution in [0.4, 0.5) is 11.5 Å². The average Bonchev–Trinajstić information content (AvgIpc) is 2.50. The van der Waals surface area contributed by atoms with E-state index in [2.05, 4.69) is 15.3 Å². The first-order chi connectivity index (χ1) is 10.5. The zero-order valence-electron chi connectivity index (χ0n) is 12.7. The molecule has 1 heterocycles. The molecule has 1 aromatic heterocycles. The van der Waals surface area contributed by atoms with E-state index in [1.165, 1.54) is 6.20 Å². The SMILES string of the molecule is CCOc1ncc(Cl)c(Nc2ccccc2S(=O)C(C)C)n1. The molecule has 0 fully saturated rings. The monoisotopic (exact) mass is 339 g/mol. The smallest absolute Gasteiger partial charge is 0.318 e. The minimum atomic E-state index is -1.12. The van der Waals surface area contributed by atoms with Gasteiger partial charge in [-0.1, -0.05) is 37.6 Å². The van der Waals surface area contributed by atoms with Crippen LogP contribution in [0.1, 0.15) is 20.8 Å². The van der Waals surface area contributed by atoms with Gasteiger partial charge in [0.1, 0.15) is 5.02 Å². The van der Waals surface area contributed by atoms with E-state index in [1.54, 1.807) is 0 Å². The molecule has 2 aromatic rings. The first-order valence-corrected chi connectivity index (χ1v) is 8.54. The van der Waals surface area contributed by atoms with Crippen LogP contribution in [0.3, 0.4) is 0 Å². The number of halogens is 1. The normalized spacial score (nSPS) is 12.2. The van der Waals surface area contributed by atoms with E-state index in [9.17, 15) is 4.21 Å². The van der Waals surface area contributed by atoms with Crippen molar-refractivity contribution in [2.45, 2.75) is 30.9 Å². The van der Waals surface area contributed by atoms with Crippen LogP contribution < -0.4 is 10.1 Å². The molecule has 5 nitrogen and oxygen atoms in total. The molecule has 0 radical (unpaired) electrons. The zero-order valence-corrected chi connectivity index (χ0v) is 14.2. The lowest BCUT2D eigenvalue weighted by molar-refractivity contribution is 0.313. The summed E-state index contributed by atoms with van der Waals surface area (Å²) in [6.45, 7) is 6.15. The van der Waals surface area contributed by atoms with Crippen LogP contribution in [0.25, 0.3) is 0 Å². The Labute approximate surface area is 137 Å². The van der Waals surface area contributed by atoms with Gasteiger partial charge in [0, 0.05) is 5.25 Å². The first-order valence-electron chi connectivity index (χ1n) is 6.95. The van der Waals surface area contributed by atoms with Crippen LogP contribution in [0.5, 0.6) is 6.01 Å². The molecule has 0 aliphatic carbocycles. The molecular weight excluding hydrogens is 322 g/mol. The van der Waals surface area contributed by atoms with Crippen molar-refractivity contribution in [2.75, 3.05) is 11.9 Å². The summed E-state index contributed by atoms with van der Waals surface area (Å²) in [6, 6.07) is 7.64. The van der Waals surface area contributed by atoms with Crippen LogP contribution >= 0.6 is 11.6 Å². The van der Waals surface area contributed by atoms with Crippen LogP contribution in [0.15, 0.2) is 35.4 Å². The Bertz CT molecular complexity index is 680. The number of nitrogens with zero attached hydrogens (tertiary/aromatic N) is 2. The molecular formula is C15H18ClN3O2S. The van der Waals surface area contributed by atoms with Gasteiger partial charge in [-0.15, -0.1) is 0 Å². The number of nitrogens with one attached hydrogen (secondary N) is 1. The fourth-order valence-electron chi connectivity index (χ4n) is 1.76. The third-order valence-corrected chi connectivity index (χ3v) is 4.70. The number of ether oxygens (including phenoxy) is 1. The van der Waals surface area contributed by atoms with Crippen molar-refractivity contribution in [1.82, 2.24) is 9.97 Å². The van der Waals surface area contributed by atoms with E-state index in [1.807, 2.05) is 45.0 Å². The van der Waals surface area contributed by atoms with Crippen molar-refractivity contribution < 1.29 is 8.95 Å². The maximum Gasteiger partial charge on any atom is 0.318 e. The molecule has 0 bridgehead atoms. The molecule has 0 saturated heterocycles. The Kier molecular flexibility index (Phi) is 5.74. The highest BCUT2D eigenvalue weighted by Gasteiger charge is 2.15. The van der Waals surface area contributed by atoms with Gasteiger partial charge in [-0.25, -0.2) is 4.98 Å². The van der Waals surface area contributed by atoms with Gasteiger partial charge in [-0.2, -0.15) is 4.98 Å². The predicted molar refractivity (Wildman–Crippen MR) is 89.5 cm³/mol. The van der Waals surface area contributed by atoms with E-state index in [4.69, 9.17) is 16.3 Å². The highest BCUT2D eigenvalue weighted by molar-refractivity contribution is 7.85. The number of rotatable bonds is 6. The maximum absolute atomic E-state index is 12.4. The highest BCUT2D eigenvalue weighted by Crippen LogP contribution is 2.28. The number of aromatic nitrogens is 2. The highest BCUT2D eigenvalue weighted by atomic mass is 35.5. The molecule has 7 heteroatoms. The summed E-state index contributed by atoms with van der Waals surface area (Å²) in [7, 11) is -1.12. The number of hydrogen-bond donors (Lipinski definition) is 1. The predicted octanol–water partition coefficient (Wildman–Crippen LogP) is 3.79. The summed E-state index contributed by atoms with van der Waals surface area (Å²) in [5.74, 6) is 0.424. The lowest BCUT2D eigenvalue weighted by Crippen LogP contribution is -2.09. The summed E-state index contributed by atoms with van der Waals surface area (Å²) in [5, 5.41) is 3.50. The standard InChI is InChI=1S/C15H18ClN3O2S/c1-4-21-15-17-9-11(16)14(19-15)18-12-7-5-6-8-13(12)22(20)10(2)3/h5-10H,4H2,1-3H3,(H,17,18,19). The molecule has 1 N–H and O–H groups in total. The van der Waals surface area contributed by atoms with E-state index in [-0.39, 0.29) is 11.3 Å². The average molecular weight is 340 g/mol.